The molecule has 0 saturated carbocycles. The molecule has 1 aliphatic rings. The molecule has 0 radical (unpaired) electrons. The molecule has 2 heterocycles. The van der Waals surface area contributed by atoms with Crippen molar-refractivity contribution < 1.29 is 4.79 Å². The third-order valence-corrected chi connectivity index (χ3v) is 4.57. The number of aromatic nitrogens is 2. The van der Waals surface area contributed by atoms with E-state index in [1.54, 1.807) is 11.8 Å². The standard InChI is InChI=1S/C16H22N4OS.2ClH/c1-12-9-19(8-7-17-12)16(21)10-20-14-6-4-3-5-13(14)18-15(20)11-22-2;;/h3-6,12,17H,7-11H2,1-2H3;2*1H. The lowest BCUT2D eigenvalue weighted by molar-refractivity contribution is -0.132. The largest absolute Gasteiger partial charge is 0.338 e. The van der Waals surface area contributed by atoms with Crippen LogP contribution in [0.2, 0.25) is 0 Å². The van der Waals surface area contributed by atoms with Gasteiger partial charge in [-0.2, -0.15) is 11.8 Å². The summed E-state index contributed by atoms with van der Waals surface area (Å²) < 4.78 is 2.07. The van der Waals surface area contributed by atoms with Crippen LogP contribution < -0.4 is 5.32 Å². The maximum atomic E-state index is 12.7. The van der Waals surface area contributed by atoms with Gasteiger partial charge in [0.15, 0.2) is 0 Å². The lowest BCUT2D eigenvalue weighted by atomic mass is 10.2. The summed E-state index contributed by atoms with van der Waals surface area (Å²) in [5.41, 5.74) is 2.01. The maximum absolute atomic E-state index is 12.7. The minimum atomic E-state index is 0. The van der Waals surface area contributed by atoms with Gasteiger partial charge in [-0.3, -0.25) is 4.79 Å². The number of hydrogen-bond acceptors (Lipinski definition) is 4. The first-order valence-electron chi connectivity index (χ1n) is 7.63. The molecule has 1 amide bonds. The number of hydrogen-bond donors (Lipinski definition) is 1. The van der Waals surface area contributed by atoms with Gasteiger partial charge in [0.2, 0.25) is 5.91 Å². The van der Waals surface area contributed by atoms with E-state index < -0.39 is 0 Å². The van der Waals surface area contributed by atoms with Crippen molar-refractivity contribution in [1.29, 1.82) is 0 Å². The first-order valence-corrected chi connectivity index (χ1v) is 9.02. The molecule has 1 aliphatic heterocycles. The number of thioether (sulfide) groups is 1. The summed E-state index contributed by atoms with van der Waals surface area (Å²) in [6.07, 6.45) is 2.06. The fourth-order valence-corrected chi connectivity index (χ4v) is 3.41. The van der Waals surface area contributed by atoms with E-state index in [9.17, 15) is 4.79 Å². The summed E-state index contributed by atoms with van der Waals surface area (Å²) in [6.45, 7) is 4.93. The third-order valence-electron chi connectivity index (χ3n) is 4.02. The zero-order valence-corrected chi connectivity index (χ0v) is 16.3. The molecule has 5 nitrogen and oxygen atoms in total. The Morgan fingerprint density at radius 3 is 2.83 bits per heavy atom. The molecule has 0 aliphatic carbocycles. The highest BCUT2D eigenvalue weighted by Crippen LogP contribution is 2.19. The molecule has 8 heteroatoms. The van der Waals surface area contributed by atoms with Crippen molar-refractivity contribution in [2.75, 3.05) is 25.9 Å². The minimum Gasteiger partial charge on any atom is -0.338 e. The fourth-order valence-electron chi connectivity index (χ4n) is 2.94. The van der Waals surface area contributed by atoms with Crippen molar-refractivity contribution in [1.82, 2.24) is 19.8 Å². The van der Waals surface area contributed by atoms with Crippen molar-refractivity contribution in [2.24, 2.45) is 0 Å². The van der Waals surface area contributed by atoms with E-state index in [0.29, 0.717) is 12.6 Å². The molecule has 1 N–H and O–H groups in total. The molecule has 0 spiro atoms. The number of amides is 1. The number of nitrogens with zero attached hydrogens (tertiary/aromatic N) is 3. The Morgan fingerprint density at radius 2 is 2.12 bits per heavy atom. The average molecular weight is 391 g/mol. The van der Waals surface area contributed by atoms with Crippen LogP contribution in [0.4, 0.5) is 0 Å². The Bertz CT molecular complexity index is 679. The second-order valence-electron chi connectivity index (χ2n) is 5.73. The number of piperazine rings is 1. The van der Waals surface area contributed by atoms with Crippen LogP contribution in [0.1, 0.15) is 12.7 Å². The molecule has 2 aromatic rings. The van der Waals surface area contributed by atoms with Gasteiger partial charge >= 0.3 is 0 Å². The van der Waals surface area contributed by atoms with Crippen molar-refractivity contribution in [2.45, 2.75) is 25.3 Å². The monoisotopic (exact) mass is 390 g/mol. The Hall–Kier alpha value is -0.950. The van der Waals surface area contributed by atoms with Gasteiger partial charge in [0.05, 0.1) is 16.8 Å². The van der Waals surface area contributed by atoms with Gasteiger partial charge in [-0.25, -0.2) is 4.98 Å². The van der Waals surface area contributed by atoms with E-state index in [1.807, 2.05) is 29.2 Å². The van der Waals surface area contributed by atoms with Gasteiger partial charge in [-0.05, 0) is 25.3 Å². The lowest BCUT2D eigenvalue weighted by Crippen LogP contribution is -2.52. The van der Waals surface area contributed by atoms with Crippen molar-refractivity contribution in [3.05, 3.63) is 30.1 Å². The van der Waals surface area contributed by atoms with Crippen LogP contribution in [0.3, 0.4) is 0 Å². The Labute approximate surface area is 159 Å². The highest BCUT2D eigenvalue weighted by molar-refractivity contribution is 7.97. The number of benzene rings is 1. The van der Waals surface area contributed by atoms with Crippen LogP contribution >= 0.6 is 36.6 Å². The number of para-hydroxylation sites is 2. The zero-order chi connectivity index (χ0) is 15.5. The highest BCUT2D eigenvalue weighted by atomic mass is 35.5. The Morgan fingerprint density at radius 1 is 1.38 bits per heavy atom. The smallest absolute Gasteiger partial charge is 0.242 e. The molecular formula is C16H24Cl2N4OS. The van der Waals surface area contributed by atoms with Gasteiger partial charge in [-0.15, -0.1) is 24.8 Å². The molecule has 1 saturated heterocycles. The molecule has 24 heavy (non-hydrogen) atoms. The van der Waals surface area contributed by atoms with E-state index >= 15 is 0 Å². The molecule has 1 fully saturated rings. The van der Waals surface area contributed by atoms with Crippen LogP contribution in [0.25, 0.3) is 11.0 Å². The van der Waals surface area contributed by atoms with Gasteiger partial charge in [-0.1, -0.05) is 12.1 Å². The molecule has 1 atom stereocenters. The SMILES string of the molecule is CSCc1nc2ccccc2n1CC(=O)N1CCNC(C)C1.Cl.Cl. The molecule has 1 aromatic carbocycles. The summed E-state index contributed by atoms with van der Waals surface area (Å²) >= 11 is 1.73. The molecule has 1 unspecified atom stereocenters. The molecular weight excluding hydrogens is 367 g/mol. The number of carbonyl (C=O) groups is 1. The first-order chi connectivity index (χ1) is 10.7. The predicted molar refractivity (Wildman–Crippen MR) is 105 cm³/mol. The number of fused-ring (bicyclic) bond motifs is 1. The van der Waals surface area contributed by atoms with Gasteiger partial charge in [0, 0.05) is 25.7 Å². The van der Waals surface area contributed by atoms with Crippen LogP contribution in [0.15, 0.2) is 24.3 Å². The average Bonchev–Trinajstić information content (AvgIpc) is 2.85. The van der Waals surface area contributed by atoms with E-state index in [1.165, 1.54) is 0 Å². The second kappa shape index (κ2) is 9.51. The number of imidazole rings is 1. The first kappa shape index (κ1) is 21.1. The number of halogens is 2. The quantitative estimate of drug-likeness (QED) is 0.871. The number of rotatable bonds is 4. The normalized spacial score (nSPS) is 17.2. The summed E-state index contributed by atoms with van der Waals surface area (Å²) in [7, 11) is 0. The predicted octanol–water partition coefficient (Wildman–Crippen LogP) is 2.56. The summed E-state index contributed by atoms with van der Waals surface area (Å²) in [6, 6.07) is 8.40. The van der Waals surface area contributed by atoms with Crippen molar-refractivity contribution >= 4 is 53.5 Å². The fraction of sp³-hybridized carbons (Fsp3) is 0.500. The Kier molecular flexibility index (Phi) is 8.36. The van der Waals surface area contributed by atoms with E-state index in [-0.39, 0.29) is 30.7 Å². The number of nitrogens with one attached hydrogen (secondary N) is 1. The number of carbonyl (C=O) groups excluding carboxylic acids is 1. The maximum Gasteiger partial charge on any atom is 0.242 e. The van der Waals surface area contributed by atoms with Crippen LogP contribution in [-0.2, 0) is 17.1 Å². The summed E-state index contributed by atoms with van der Waals surface area (Å²) in [5.74, 6) is 1.98. The summed E-state index contributed by atoms with van der Waals surface area (Å²) in [4.78, 5) is 19.3. The van der Waals surface area contributed by atoms with Crippen LogP contribution in [-0.4, -0.2) is 52.3 Å². The van der Waals surface area contributed by atoms with Crippen molar-refractivity contribution in [3.63, 3.8) is 0 Å². The second-order valence-corrected chi connectivity index (χ2v) is 6.60. The van der Waals surface area contributed by atoms with E-state index in [0.717, 1.165) is 42.2 Å². The summed E-state index contributed by atoms with van der Waals surface area (Å²) in [5, 5.41) is 3.37. The van der Waals surface area contributed by atoms with Crippen LogP contribution in [0, 0.1) is 0 Å². The third kappa shape index (κ3) is 4.57. The topological polar surface area (TPSA) is 50.2 Å². The molecule has 134 valence electrons. The van der Waals surface area contributed by atoms with Gasteiger partial charge in [0.1, 0.15) is 12.4 Å². The van der Waals surface area contributed by atoms with Gasteiger partial charge < -0.3 is 14.8 Å². The molecule has 3 rings (SSSR count). The van der Waals surface area contributed by atoms with Gasteiger partial charge in [0.25, 0.3) is 0 Å². The Balaban J connectivity index is 0.00000144. The molecule has 0 bridgehead atoms. The minimum absolute atomic E-state index is 0. The lowest BCUT2D eigenvalue weighted by Gasteiger charge is -2.32. The van der Waals surface area contributed by atoms with E-state index in [2.05, 4.69) is 28.0 Å². The van der Waals surface area contributed by atoms with Crippen molar-refractivity contribution in [3.8, 4) is 0 Å². The molecule has 1 aromatic heterocycles. The zero-order valence-electron chi connectivity index (χ0n) is 13.9. The highest BCUT2D eigenvalue weighted by Gasteiger charge is 2.22. The van der Waals surface area contributed by atoms with Crippen LogP contribution in [0.5, 0.6) is 0 Å². The van der Waals surface area contributed by atoms with E-state index in [4.69, 9.17) is 0 Å².